The Bertz CT molecular complexity index is 444. The van der Waals surface area contributed by atoms with E-state index in [4.69, 9.17) is 4.74 Å². The lowest BCUT2D eigenvalue weighted by Gasteiger charge is -2.37. The maximum Gasteiger partial charge on any atom is 0.410 e. The molecule has 4 heteroatoms. The number of amides is 1. The van der Waals surface area contributed by atoms with Crippen LogP contribution in [0.2, 0.25) is 0 Å². The molecule has 0 unspecified atom stereocenters. The van der Waals surface area contributed by atoms with Gasteiger partial charge >= 0.3 is 6.09 Å². The van der Waals surface area contributed by atoms with E-state index in [0.29, 0.717) is 13.1 Å². The number of carbonyl (C=O) groups is 1. The first kappa shape index (κ1) is 17.3. The average molecular weight is 292 g/mol. The summed E-state index contributed by atoms with van der Waals surface area (Å²) >= 11 is 0. The topological polar surface area (TPSA) is 41.6 Å². The van der Waals surface area contributed by atoms with Crippen molar-refractivity contribution < 1.29 is 9.53 Å². The predicted molar refractivity (Wildman–Crippen MR) is 87.6 cm³/mol. The van der Waals surface area contributed by atoms with E-state index in [1.807, 2.05) is 71.9 Å². The number of ether oxygens (including phenoxy) is 1. The fraction of sp³-hybridized carbons (Fsp3) is 0.588. The van der Waals surface area contributed by atoms with Crippen LogP contribution in [-0.4, -0.2) is 35.2 Å². The molecule has 21 heavy (non-hydrogen) atoms. The van der Waals surface area contributed by atoms with Crippen LogP contribution >= 0.6 is 0 Å². The summed E-state index contributed by atoms with van der Waals surface area (Å²) in [5, 5.41) is 3.32. The molecule has 0 fully saturated rings. The number of hydrogen-bond acceptors (Lipinski definition) is 3. The van der Waals surface area contributed by atoms with Crippen molar-refractivity contribution in [3.05, 3.63) is 30.3 Å². The third-order valence-electron chi connectivity index (χ3n) is 2.86. The Kier molecular flexibility index (Phi) is 5.64. The number of carbonyl (C=O) groups excluding carboxylic acids is 1. The van der Waals surface area contributed by atoms with Gasteiger partial charge in [0.15, 0.2) is 0 Å². The first-order chi connectivity index (χ1) is 9.59. The molecular formula is C17H28N2O2. The Morgan fingerprint density at radius 2 is 1.67 bits per heavy atom. The van der Waals surface area contributed by atoms with Crippen molar-refractivity contribution >= 4 is 11.8 Å². The van der Waals surface area contributed by atoms with E-state index >= 15 is 0 Å². The summed E-state index contributed by atoms with van der Waals surface area (Å²) in [5.74, 6) is 0. The minimum Gasteiger partial charge on any atom is -0.444 e. The molecule has 0 radical (unpaired) electrons. The summed E-state index contributed by atoms with van der Waals surface area (Å²) in [6, 6.07) is 9.96. The quantitative estimate of drug-likeness (QED) is 0.907. The van der Waals surface area contributed by atoms with E-state index in [1.165, 1.54) is 0 Å². The fourth-order valence-corrected chi connectivity index (χ4v) is 1.89. The summed E-state index contributed by atoms with van der Waals surface area (Å²) in [5.41, 5.74) is 0.296. The van der Waals surface area contributed by atoms with Crippen LogP contribution in [0, 0.1) is 0 Å². The van der Waals surface area contributed by atoms with Gasteiger partial charge in [-0.15, -0.1) is 0 Å². The van der Waals surface area contributed by atoms with Crippen molar-refractivity contribution in [3.63, 3.8) is 0 Å². The van der Waals surface area contributed by atoms with Crippen molar-refractivity contribution in [2.45, 2.75) is 52.7 Å². The zero-order valence-corrected chi connectivity index (χ0v) is 14.1. The molecule has 0 bridgehead atoms. The molecule has 0 aliphatic carbocycles. The van der Waals surface area contributed by atoms with E-state index in [1.54, 1.807) is 4.90 Å². The molecule has 1 aromatic carbocycles. The number of para-hydroxylation sites is 1. The van der Waals surface area contributed by atoms with Crippen molar-refractivity contribution in [3.8, 4) is 0 Å². The van der Waals surface area contributed by atoms with Crippen molar-refractivity contribution in [2.24, 2.45) is 0 Å². The largest absolute Gasteiger partial charge is 0.444 e. The van der Waals surface area contributed by atoms with E-state index in [-0.39, 0.29) is 11.6 Å². The number of benzene rings is 1. The van der Waals surface area contributed by atoms with E-state index in [2.05, 4.69) is 5.32 Å². The summed E-state index contributed by atoms with van der Waals surface area (Å²) in [4.78, 5) is 14.1. The zero-order valence-electron chi connectivity index (χ0n) is 14.1. The molecule has 1 rings (SSSR count). The Hall–Kier alpha value is -1.71. The summed E-state index contributed by atoms with van der Waals surface area (Å²) in [6.45, 7) is 13.0. The van der Waals surface area contributed by atoms with Crippen molar-refractivity contribution in [1.29, 1.82) is 0 Å². The van der Waals surface area contributed by atoms with Crippen LogP contribution in [0.1, 0.15) is 41.5 Å². The molecule has 118 valence electrons. The molecule has 0 saturated heterocycles. The van der Waals surface area contributed by atoms with E-state index in [9.17, 15) is 4.79 Å². The van der Waals surface area contributed by atoms with Gasteiger partial charge in [-0.25, -0.2) is 4.79 Å². The maximum absolute atomic E-state index is 12.3. The molecule has 1 amide bonds. The molecule has 0 aliphatic heterocycles. The van der Waals surface area contributed by atoms with Crippen LogP contribution in [0.25, 0.3) is 0 Å². The smallest absolute Gasteiger partial charge is 0.410 e. The number of hydrogen-bond donors (Lipinski definition) is 1. The van der Waals surface area contributed by atoms with Gasteiger partial charge in [0.05, 0.1) is 0 Å². The molecule has 4 nitrogen and oxygen atoms in total. The molecule has 0 spiro atoms. The second-order valence-electron chi connectivity index (χ2n) is 7.10. The highest BCUT2D eigenvalue weighted by molar-refractivity contribution is 5.69. The third kappa shape index (κ3) is 6.52. The van der Waals surface area contributed by atoms with Crippen LogP contribution < -0.4 is 5.32 Å². The second kappa shape index (κ2) is 6.83. The molecular weight excluding hydrogens is 264 g/mol. The van der Waals surface area contributed by atoms with Gasteiger partial charge in [-0.1, -0.05) is 18.2 Å². The highest BCUT2D eigenvalue weighted by Gasteiger charge is 2.30. The number of nitrogens with zero attached hydrogens (tertiary/aromatic N) is 1. The minimum atomic E-state index is -0.479. The first-order valence-electron chi connectivity index (χ1n) is 7.39. The van der Waals surface area contributed by atoms with E-state index < -0.39 is 5.60 Å². The zero-order chi connectivity index (χ0) is 16.1. The molecule has 1 aromatic rings. The van der Waals surface area contributed by atoms with Crippen molar-refractivity contribution in [1.82, 2.24) is 4.90 Å². The van der Waals surface area contributed by atoms with Crippen molar-refractivity contribution in [2.75, 3.05) is 18.4 Å². The molecule has 0 aromatic heterocycles. The SMILES string of the molecule is CC(C)(C)OC(=O)N(CCNc1ccccc1)C(C)(C)C. The number of rotatable bonds is 4. The van der Waals surface area contributed by atoms with Crippen LogP contribution in [0.5, 0.6) is 0 Å². The van der Waals surface area contributed by atoms with Crippen LogP contribution in [-0.2, 0) is 4.74 Å². The lowest BCUT2D eigenvalue weighted by Crippen LogP contribution is -2.49. The predicted octanol–water partition coefficient (Wildman–Crippen LogP) is 4.13. The van der Waals surface area contributed by atoms with Gasteiger partial charge in [0.1, 0.15) is 5.60 Å². The van der Waals surface area contributed by atoms with Gasteiger partial charge in [0.2, 0.25) is 0 Å². The normalized spacial score (nSPS) is 11.9. The lowest BCUT2D eigenvalue weighted by molar-refractivity contribution is 0.00749. The average Bonchev–Trinajstić information content (AvgIpc) is 2.32. The Labute approximate surface area is 128 Å². The van der Waals surface area contributed by atoms with E-state index in [0.717, 1.165) is 5.69 Å². The highest BCUT2D eigenvalue weighted by atomic mass is 16.6. The molecule has 0 aliphatic rings. The Balaban J connectivity index is 2.61. The van der Waals surface area contributed by atoms with Gasteiger partial charge in [-0.2, -0.15) is 0 Å². The molecule has 0 atom stereocenters. The second-order valence-corrected chi connectivity index (χ2v) is 7.10. The first-order valence-corrected chi connectivity index (χ1v) is 7.39. The number of nitrogens with one attached hydrogen (secondary N) is 1. The summed E-state index contributed by atoms with van der Waals surface area (Å²) in [6.07, 6.45) is -0.273. The van der Waals surface area contributed by atoms with Gasteiger partial charge in [-0.3, -0.25) is 0 Å². The monoisotopic (exact) mass is 292 g/mol. The van der Waals surface area contributed by atoms with Gasteiger partial charge in [0, 0.05) is 24.3 Å². The third-order valence-corrected chi connectivity index (χ3v) is 2.86. The fourth-order valence-electron chi connectivity index (χ4n) is 1.89. The molecule has 0 saturated carbocycles. The Morgan fingerprint density at radius 1 is 1.10 bits per heavy atom. The summed E-state index contributed by atoms with van der Waals surface area (Å²) < 4.78 is 5.49. The van der Waals surface area contributed by atoms with Crippen LogP contribution in [0.4, 0.5) is 10.5 Å². The highest BCUT2D eigenvalue weighted by Crippen LogP contribution is 2.18. The molecule has 1 N–H and O–H groups in total. The van der Waals surface area contributed by atoms with Crippen LogP contribution in [0.3, 0.4) is 0 Å². The number of anilines is 1. The molecule has 0 heterocycles. The van der Waals surface area contributed by atoms with Gasteiger partial charge in [-0.05, 0) is 53.7 Å². The van der Waals surface area contributed by atoms with Crippen LogP contribution in [0.15, 0.2) is 30.3 Å². The minimum absolute atomic E-state index is 0.273. The summed E-state index contributed by atoms with van der Waals surface area (Å²) in [7, 11) is 0. The maximum atomic E-state index is 12.3. The Morgan fingerprint density at radius 3 is 2.14 bits per heavy atom. The lowest BCUT2D eigenvalue weighted by atomic mass is 10.1. The standard InChI is InChI=1S/C17H28N2O2/c1-16(2,3)19(15(20)21-17(4,5)6)13-12-18-14-10-8-7-9-11-14/h7-11,18H,12-13H2,1-6H3. The van der Waals surface area contributed by atoms with Gasteiger partial charge in [0.25, 0.3) is 0 Å². The van der Waals surface area contributed by atoms with Gasteiger partial charge < -0.3 is 15.0 Å².